The maximum absolute atomic E-state index is 13.2. The number of carbonyl (C=O) groups is 1. The number of halogens is 3. The second-order valence-electron chi connectivity index (χ2n) is 7.25. The highest BCUT2D eigenvalue weighted by Gasteiger charge is 2.37. The van der Waals surface area contributed by atoms with Gasteiger partial charge in [-0.3, -0.25) is 4.79 Å². The van der Waals surface area contributed by atoms with Gasteiger partial charge in [0.05, 0.1) is 5.56 Å². The third-order valence-corrected chi connectivity index (χ3v) is 6.39. The third kappa shape index (κ3) is 4.35. The Kier molecular flexibility index (Phi) is 5.63. The van der Waals surface area contributed by atoms with Gasteiger partial charge in [-0.2, -0.15) is 13.2 Å². The molecule has 3 rings (SSSR count). The van der Waals surface area contributed by atoms with Crippen LogP contribution in [-0.2, 0) is 16.4 Å². The van der Waals surface area contributed by atoms with Crippen LogP contribution >= 0.6 is 11.3 Å². The fourth-order valence-corrected chi connectivity index (χ4v) is 4.34. The molecular formula is C20H23F3N2OS. The highest BCUT2D eigenvalue weighted by molar-refractivity contribution is 7.10. The molecule has 1 aromatic carbocycles. The van der Waals surface area contributed by atoms with Gasteiger partial charge in [-0.15, -0.1) is 11.3 Å². The first-order chi connectivity index (χ1) is 12.7. The number of benzene rings is 1. The Morgan fingerprint density at radius 2 is 1.74 bits per heavy atom. The second kappa shape index (κ2) is 7.64. The van der Waals surface area contributed by atoms with Crippen molar-refractivity contribution in [2.75, 3.05) is 33.2 Å². The fourth-order valence-electron chi connectivity index (χ4n) is 3.43. The Labute approximate surface area is 161 Å². The molecule has 1 atom stereocenters. The molecule has 0 aliphatic carbocycles. The summed E-state index contributed by atoms with van der Waals surface area (Å²) in [4.78, 5) is 17.8. The van der Waals surface area contributed by atoms with Crippen LogP contribution in [0.3, 0.4) is 0 Å². The molecule has 146 valence electrons. The molecule has 0 N–H and O–H groups in total. The number of rotatable bonds is 4. The van der Waals surface area contributed by atoms with Gasteiger partial charge in [0, 0.05) is 42.9 Å². The Bertz CT molecular complexity index is 783. The predicted molar refractivity (Wildman–Crippen MR) is 101 cm³/mol. The van der Waals surface area contributed by atoms with E-state index in [0.29, 0.717) is 18.7 Å². The summed E-state index contributed by atoms with van der Waals surface area (Å²) in [6.45, 7) is 4.79. The van der Waals surface area contributed by atoms with E-state index in [1.165, 1.54) is 23.5 Å². The van der Waals surface area contributed by atoms with Crippen LogP contribution in [0.2, 0.25) is 0 Å². The van der Waals surface area contributed by atoms with Gasteiger partial charge in [0.1, 0.15) is 0 Å². The lowest BCUT2D eigenvalue weighted by molar-refractivity contribution is -0.137. The molecule has 1 amide bonds. The van der Waals surface area contributed by atoms with Crippen molar-refractivity contribution >= 4 is 17.2 Å². The van der Waals surface area contributed by atoms with Gasteiger partial charge < -0.3 is 9.80 Å². The predicted octanol–water partition coefficient (Wildman–Crippen LogP) is 4.24. The highest BCUT2D eigenvalue weighted by atomic mass is 32.1. The number of thiophene rings is 1. The molecule has 1 fully saturated rings. The third-order valence-electron chi connectivity index (χ3n) is 5.25. The summed E-state index contributed by atoms with van der Waals surface area (Å²) in [6.07, 6.45) is -4.26. The molecule has 1 saturated heterocycles. The van der Waals surface area contributed by atoms with Crippen molar-refractivity contribution < 1.29 is 18.0 Å². The number of carbonyl (C=O) groups excluding carboxylic acids is 1. The SMILES string of the molecule is CN1CCN(C(=O)C[C@](C)(c2cccc(C(F)(F)F)c2)c2cccs2)CC1. The maximum Gasteiger partial charge on any atom is 0.416 e. The van der Waals surface area contributed by atoms with E-state index in [9.17, 15) is 18.0 Å². The van der Waals surface area contributed by atoms with Crippen molar-refractivity contribution in [3.63, 3.8) is 0 Å². The first-order valence-corrected chi connectivity index (χ1v) is 9.76. The molecule has 1 aliphatic rings. The second-order valence-corrected chi connectivity index (χ2v) is 8.20. The maximum atomic E-state index is 13.2. The minimum atomic E-state index is -4.41. The fraction of sp³-hybridized carbons (Fsp3) is 0.450. The van der Waals surface area contributed by atoms with Gasteiger partial charge in [-0.1, -0.05) is 31.2 Å². The average molecular weight is 396 g/mol. The van der Waals surface area contributed by atoms with E-state index in [-0.39, 0.29) is 12.3 Å². The molecule has 0 saturated carbocycles. The molecular weight excluding hydrogens is 373 g/mol. The number of amides is 1. The van der Waals surface area contributed by atoms with Crippen molar-refractivity contribution in [3.8, 4) is 0 Å². The summed E-state index contributed by atoms with van der Waals surface area (Å²) in [5.74, 6) is -0.0172. The summed E-state index contributed by atoms with van der Waals surface area (Å²) in [5, 5.41) is 1.89. The zero-order valence-electron chi connectivity index (χ0n) is 15.4. The summed E-state index contributed by atoms with van der Waals surface area (Å²) < 4.78 is 39.6. The highest BCUT2D eigenvalue weighted by Crippen LogP contribution is 2.40. The van der Waals surface area contributed by atoms with E-state index < -0.39 is 17.2 Å². The summed E-state index contributed by atoms with van der Waals surface area (Å²) >= 11 is 1.47. The molecule has 3 nitrogen and oxygen atoms in total. The van der Waals surface area contributed by atoms with E-state index in [0.717, 1.165) is 24.0 Å². The zero-order valence-corrected chi connectivity index (χ0v) is 16.2. The van der Waals surface area contributed by atoms with Crippen LogP contribution in [0.4, 0.5) is 13.2 Å². The minimum Gasteiger partial charge on any atom is -0.340 e. The summed E-state index contributed by atoms with van der Waals surface area (Å²) in [5.41, 5.74) is -0.965. The van der Waals surface area contributed by atoms with Gasteiger partial charge in [-0.25, -0.2) is 0 Å². The van der Waals surface area contributed by atoms with E-state index in [1.54, 1.807) is 6.07 Å². The number of nitrogens with zero attached hydrogens (tertiary/aromatic N) is 2. The molecule has 0 radical (unpaired) electrons. The van der Waals surface area contributed by atoms with Crippen LogP contribution in [0.1, 0.15) is 29.3 Å². The first-order valence-electron chi connectivity index (χ1n) is 8.88. The number of hydrogen-bond acceptors (Lipinski definition) is 3. The van der Waals surface area contributed by atoms with Gasteiger partial charge in [-0.05, 0) is 30.1 Å². The van der Waals surface area contributed by atoms with Gasteiger partial charge in [0.25, 0.3) is 0 Å². The average Bonchev–Trinajstić information content (AvgIpc) is 3.17. The first kappa shape index (κ1) is 19.9. The van der Waals surface area contributed by atoms with Crippen molar-refractivity contribution in [2.24, 2.45) is 0 Å². The minimum absolute atomic E-state index is 0.0172. The lowest BCUT2D eigenvalue weighted by Crippen LogP contribution is -2.48. The van der Waals surface area contributed by atoms with Crippen LogP contribution in [0, 0.1) is 0 Å². The van der Waals surface area contributed by atoms with Crippen molar-refractivity contribution in [1.82, 2.24) is 9.80 Å². The van der Waals surface area contributed by atoms with E-state index in [1.807, 2.05) is 36.4 Å². The summed E-state index contributed by atoms with van der Waals surface area (Å²) in [6, 6.07) is 9.11. The van der Waals surface area contributed by atoms with Crippen molar-refractivity contribution in [1.29, 1.82) is 0 Å². The molecule has 2 aromatic rings. The number of likely N-dealkylation sites (N-methyl/N-ethyl adjacent to an activating group) is 1. The Balaban J connectivity index is 1.93. The zero-order chi connectivity index (χ0) is 19.7. The van der Waals surface area contributed by atoms with Crippen molar-refractivity contribution in [3.05, 3.63) is 57.8 Å². The van der Waals surface area contributed by atoms with Crippen LogP contribution < -0.4 is 0 Å². The van der Waals surface area contributed by atoms with E-state index in [4.69, 9.17) is 0 Å². The smallest absolute Gasteiger partial charge is 0.340 e. The van der Waals surface area contributed by atoms with E-state index in [2.05, 4.69) is 4.90 Å². The van der Waals surface area contributed by atoms with Crippen LogP contribution in [0.25, 0.3) is 0 Å². The van der Waals surface area contributed by atoms with Gasteiger partial charge in [0.15, 0.2) is 0 Å². The van der Waals surface area contributed by atoms with Gasteiger partial charge in [0.2, 0.25) is 5.91 Å². The lowest BCUT2D eigenvalue weighted by atomic mass is 9.77. The summed E-state index contributed by atoms with van der Waals surface area (Å²) in [7, 11) is 2.01. The molecule has 2 heterocycles. The molecule has 0 unspecified atom stereocenters. The number of alkyl halides is 3. The molecule has 1 aliphatic heterocycles. The van der Waals surface area contributed by atoms with Crippen LogP contribution in [-0.4, -0.2) is 48.9 Å². The molecule has 1 aromatic heterocycles. The Morgan fingerprint density at radius 3 is 2.33 bits per heavy atom. The normalized spacial score (nSPS) is 18.3. The molecule has 0 bridgehead atoms. The Morgan fingerprint density at radius 1 is 1.07 bits per heavy atom. The standard InChI is InChI=1S/C20H23F3N2OS/c1-19(17-7-4-12-27-17,14-18(26)25-10-8-24(2)9-11-25)15-5-3-6-16(13-15)20(21,22)23/h3-7,12-13H,8-11,14H2,1-2H3/t19-/m1/s1. The molecule has 27 heavy (non-hydrogen) atoms. The number of hydrogen-bond donors (Lipinski definition) is 0. The van der Waals surface area contributed by atoms with Crippen molar-refractivity contribution in [2.45, 2.75) is 24.9 Å². The Hall–Kier alpha value is -1.86. The topological polar surface area (TPSA) is 23.6 Å². The molecule has 0 spiro atoms. The van der Waals surface area contributed by atoms with Crippen LogP contribution in [0.5, 0.6) is 0 Å². The monoisotopic (exact) mass is 396 g/mol. The van der Waals surface area contributed by atoms with E-state index >= 15 is 0 Å². The van der Waals surface area contributed by atoms with Gasteiger partial charge >= 0.3 is 6.18 Å². The number of piperazine rings is 1. The quantitative estimate of drug-likeness (QED) is 0.772. The largest absolute Gasteiger partial charge is 0.416 e. The molecule has 7 heteroatoms. The van der Waals surface area contributed by atoms with Crippen LogP contribution in [0.15, 0.2) is 41.8 Å². The lowest BCUT2D eigenvalue weighted by Gasteiger charge is -2.36.